The van der Waals surface area contributed by atoms with Gasteiger partial charge in [0, 0.05) is 0 Å². The Bertz CT molecular complexity index is 1360. The van der Waals surface area contributed by atoms with Crippen LogP contribution in [0, 0.1) is 0 Å². The van der Waals surface area contributed by atoms with Crippen LogP contribution in [0.4, 0.5) is 0 Å². The Morgan fingerprint density at radius 1 is 0.375 bits per heavy atom. The average Bonchev–Trinajstić information content (AvgIpc) is 3.57. The molecule has 1 heteroatoms. The zero-order chi connectivity index (χ0) is 20.9. The van der Waals surface area contributed by atoms with Crippen LogP contribution in [-0.2, 0) is 26.2 Å². The largest absolute Gasteiger partial charge is 3.00 e. The molecular weight excluding hydrogens is 464 g/mol. The van der Waals surface area contributed by atoms with Gasteiger partial charge in [0.15, 0.2) is 0 Å². The minimum absolute atomic E-state index is 0. The van der Waals surface area contributed by atoms with Crippen LogP contribution < -0.4 is 0 Å². The van der Waals surface area contributed by atoms with Crippen molar-refractivity contribution in [1.29, 1.82) is 0 Å². The Kier molecular flexibility index (Phi) is 7.20. The van der Waals surface area contributed by atoms with Crippen molar-refractivity contribution in [2.75, 3.05) is 0 Å². The van der Waals surface area contributed by atoms with E-state index in [-0.39, 0.29) is 26.2 Å². The maximum absolute atomic E-state index is 2.24. The summed E-state index contributed by atoms with van der Waals surface area (Å²) < 4.78 is 0. The van der Waals surface area contributed by atoms with Gasteiger partial charge < -0.3 is 0 Å². The molecule has 32 heavy (non-hydrogen) atoms. The first-order chi connectivity index (χ1) is 15.4. The van der Waals surface area contributed by atoms with Crippen molar-refractivity contribution in [1.82, 2.24) is 0 Å². The fourth-order valence-electron chi connectivity index (χ4n) is 4.04. The number of rotatable bonds is 0. The fourth-order valence-corrected chi connectivity index (χ4v) is 4.04. The van der Waals surface area contributed by atoms with Crippen molar-refractivity contribution in [3.05, 3.63) is 140 Å². The van der Waals surface area contributed by atoms with Crippen molar-refractivity contribution in [3.63, 3.8) is 0 Å². The topological polar surface area (TPSA) is 0 Å². The summed E-state index contributed by atoms with van der Waals surface area (Å²) in [5.41, 5.74) is 0. The van der Waals surface area contributed by atoms with Crippen LogP contribution in [0.15, 0.2) is 140 Å². The molecule has 151 valence electrons. The third-order valence-corrected chi connectivity index (χ3v) is 5.62. The predicted molar refractivity (Wildman–Crippen MR) is 136 cm³/mol. The Labute approximate surface area is 208 Å². The Morgan fingerprint density at radius 2 is 0.750 bits per heavy atom. The maximum Gasteiger partial charge on any atom is 3.00 e. The van der Waals surface area contributed by atoms with E-state index in [0.717, 1.165) is 0 Å². The van der Waals surface area contributed by atoms with E-state index in [2.05, 4.69) is 140 Å². The van der Waals surface area contributed by atoms with E-state index in [1.54, 1.807) is 0 Å². The summed E-state index contributed by atoms with van der Waals surface area (Å²) in [7, 11) is 0. The van der Waals surface area contributed by atoms with E-state index in [9.17, 15) is 0 Å². The van der Waals surface area contributed by atoms with Crippen molar-refractivity contribution in [2.24, 2.45) is 0 Å². The zero-order valence-electron chi connectivity index (χ0n) is 17.8. The summed E-state index contributed by atoms with van der Waals surface area (Å²) in [6.07, 6.45) is 0. The fraction of sp³-hybridized carbons (Fsp3) is 0. The van der Waals surface area contributed by atoms with Gasteiger partial charge in [-0.3, -0.25) is 0 Å². The summed E-state index contributed by atoms with van der Waals surface area (Å²) in [6, 6.07) is 48.6. The first kappa shape index (κ1) is 22.1. The summed E-state index contributed by atoms with van der Waals surface area (Å²) in [6.45, 7) is 0. The van der Waals surface area contributed by atoms with E-state index in [4.69, 9.17) is 0 Å². The van der Waals surface area contributed by atoms with Gasteiger partial charge in [0.1, 0.15) is 0 Å². The first-order valence-corrected chi connectivity index (χ1v) is 10.6. The second-order valence-corrected chi connectivity index (χ2v) is 7.63. The molecule has 0 atom stereocenters. The molecular formula is C31H23Zr. The number of hydrogen-bond donors (Lipinski definition) is 0. The molecule has 0 saturated carbocycles. The van der Waals surface area contributed by atoms with Gasteiger partial charge >= 0.3 is 26.2 Å². The molecule has 0 aromatic heterocycles. The van der Waals surface area contributed by atoms with Gasteiger partial charge in [-0.25, -0.2) is 0 Å². The van der Waals surface area contributed by atoms with Crippen LogP contribution in [0.3, 0.4) is 0 Å². The van der Waals surface area contributed by atoms with Crippen LogP contribution in [0.2, 0.25) is 0 Å². The average molecular weight is 487 g/mol. The monoisotopic (exact) mass is 485 g/mol. The summed E-state index contributed by atoms with van der Waals surface area (Å²) >= 11 is 0. The second-order valence-electron chi connectivity index (χ2n) is 7.63. The number of fused-ring (bicyclic) bond motifs is 5. The molecule has 0 fully saturated rings. The van der Waals surface area contributed by atoms with Gasteiger partial charge in [-0.15, -0.1) is 99.0 Å². The van der Waals surface area contributed by atoms with E-state index >= 15 is 0 Å². The molecule has 0 spiro atoms. The van der Waals surface area contributed by atoms with Gasteiger partial charge in [-0.1, -0.05) is 48.5 Å². The van der Waals surface area contributed by atoms with Gasteiger partial charge in [0.25, 0.3) is 0 Å². The molecule has 0 aliphatic heterocycles. The van der Waals surface area contributed by atoms with Crippen molar-refractivity contribution in [3.8, 4) is 0 Å². The summed E-state index contributed by atoms with van der Waals surface area (Å²) in [5.74, 6) is 0. The third-order valence-electron chi connectivity index (χ3n) is 5.62. The smallest absolute Gasteiger partial charge is 0.168 e. The van der Waals surface area contributed by atoms with Gasteiger partial charge in [0.05, 0.1) is 0 Å². The molecule has 0 heterocycles. The van der Waals surface area contributed by atoms with Crippen LogP contribution in [0.1, 0.15) is 0 Å². The SMILES string of the molecule is [Zr+3].c1ccc2[cH-]ccc2c1.c1ccc2[cH-]ccc2c1.c1ccc2c(c1)[cH-]c1ccccc12. The molecule has 0 aliphatic rings. The number of benzene rings is 4. The molecule has 7 rings (SSSR count). The van der Waals surface area contributed by atoms with E-state index in [0.29, 0.717) is 0 Å². The molecule has 0 aliphatic carbocycles. The normalized spacial score (nSPS) is 10.2. The molecule has 1 radical (unpaired) electrons. The van der Waals surface area contributed by atoms with Crippen LogP contribution in [0.5, 0.6) is 0 Å². The zero-order valence-corrected chi connectivity index (χ0v) is 20.2. The summed E-state index contributed by atoms with van der Waals surface area (Å²) in [5, 5.41) is 10.7. The Morgan fingerprint density at radius 3 is 1.19 bits per heavy atom. The molecule has 0 unspecified atom stereocenters. The van der Waals surface area contributed by atoms with Gasteiger partial charge in [0.2, 0.25) is 0 Å². The molecule has 7 aromatic rings. The molecule has 0 saturated heterocycles. The predicted octanol–water partition coefficient (Wildman–Crippen LogP) is 8.83. The third kappa shape index (κ3) is 4.85. The minimum atomic E-state index is 0. The molecule has 0 amide bonds. The van der Waals surface area contributed by atoms with Crippen LogP contribution in [0.25, 0.3) is 43.1 Å². The quantitative estimate of drug-likeness (QED) is 0.188. The number of hydrogen-bond acceptors (Lipinski definition) is 0. The first-order valence-electron chi connectivity index (χ1n) is 10.6. The molecule has 0 bridgehead atoms. The van der Waals surface area contributed by atoms with E-state index in [1.807, 2.05) is 0 Å². The Balaban J connectivity index is 0.000000116. The van der Waals surface area contributed by atoms with Crippen LogP contribution in [-0.4, -0.2) is 0 Å². The van der Waals surface area contributed by atoms with Crippen LogP contribution >= 0.6 is 0 Å². The van der Waals surface area contributed by atoms with E-state index in [1.165, 1.54) is 43.1 Å². The maximum atomic E-state index is 2.24. The Hall–Kier alpha value is -3.15. The molecule has 0 nitrogen and oxygen atoms in total. The van der Waals surface area contributed by atoms with E-state index < -0.39 is 0 Å². The molecule has 7 aromatic carbocycles. The summed E-state index contributed by atoms with van der Waals surface area (Å²) in [4.78, 5) is 0. The van der Waals surface area contributed by atoms with Crippen molar-refractivity contribution >= 4 is 43.1 Å². The minimum Gasteiger partial charge on any atom is -0.168 e. The van der Waals surface area contributed by atoms with Gasteiger partial charge in [-0.05, 0) is 0 Å². The van der Waals surface area contributed by atoms with Gasteiger partial charge in [-0.2, -0.15) is 35.0 Å². The van der Waals surface area contributed by atoms with Crippen molar-refractivity contribution in [2.45, 2.75) is 0 Å². The molecule has 0 N–H and O–H groups in total. The second kappa shape index (κ2) is 10.4. The standard InChI is InChI=1S/C13H9.2C9H7.Zr/c1-3-7-12-10(5-1)9-11-6-2-4-8-13(11)12;2*1-2-5-9-7-3-6-8(9)4-1;/h1-9H;2*1-7H;/q3*-1;+3. The van der Waals surface area contributed by atoms with Crippen molar-refractivity contribution < 1.29 is 26.2 Å².